The number of benzene rings is 1. The Morgan fingerprint density at radius 1 is 1.26 bits per heavy atom. The number of nitrogens with two attached hydrogens (primary N) is 1. The van der Waals surface area contributed by atoms with Crippen molar-refractivity contribution < 1.29 is 4.79 Å². The molecule has 0 saturated heterocycles. The Kier molecular flexibility index (Phi) is 4.99. The number of nitrogens with zero attached hydrogens (tertiary/aromatic N) is 2. The maximum Gasteiger partial charge on any atom is 0.270 e. The minimum atomic E-state index is -0.130. The summed E-state index contributed by atoms with van der Waals surface area (Å²) in [6, 6.07) is 7.95. The average Bonchev–Trinajstić information content (AvgIpc) is 3.18. The lowest BCUT2D eigenvalue weighted by Crippen LogP contribution is -2.25. The van der Waals surface area contributed by atoms with Gasteiger partial charge in [-0.15, -0.1) is 11.3 Å². The second-order valence-electron chi connectivity index (χ2n) is 5.23. The number of nitrogens with one attached hydrogen (secondary N) is 2. The van der Waals surface area contributed by atoms with E-state index in [4.69, 9.17) is 5.73 Å². The number of amides is 1. The number of carbonyl (C=O) groups is 1. The van der Waals surface area contributed by atoms with E-state index in [0.29, 0.717) is 25.2 Å². The number of aromatic nitrogens is 3. The molecule has 0 bridgehead atoms. The number of rotatable bonds is 7. The number of aromatic amines is 1. The van der Waals surface area contributed by atoms with Crippen molar-refractivity contribution in [2.75, 3.05) is 13.1 Å². The zero-order chi connectivity index (χ0) is 16.1. The summed E-state index contributed by atoms with van der Waals surface area (Å²) in [6.07, 6.45) is 2.33. The molecule has 0 atom stereocenters. The molecule has 0 unspecified atom stereocenters. The largest absolute Gasteiger partial charge is 0.351 e. The fourth-order valence-electron chi connectivity index (χ4n) is 2.33. The van der Waals surface area contributed by atoms with Crippen LogP contribution in [-0.2, 0) is 12.8 Å². The molecular formula is C16H19N5OS. The normalized spacial score (nSPS) is 11.0. The molecule has 3 rings (SSSR count). The zero-order valence-electron chi connectivity index (χ0n) is 12.7. The van der Waals surface area contributed by atoms with Crippen molar-refractivity contribution in [1.29, 1.82) is 0 Å². The predicted molar refractivity (Wildman–Crippen MR) is 91.6 cm³/mol. The van der Waals surface area contributed by atoms with Crippen molar-refractivity contribution in [3.05, 3.63) is 46.2 Å². The standard InChI is InChI=1S/C16H19N5OS/c17-8-7-15-21-13(10-23-15)16(22)18-9-3-6-14-19-11-4-1-2-5-12(11)20-14/h1-2,4-5,10H,3,6-9,17H2,(H,18,22)(H,19,20). The van der Waals surface area contributed by atoms with Gasteiger partial charge in [-0.3, -0.25) is 4.79 Å². The van der Waals surface area contributed by atoms with E-state index in [0.717, 1.165) is 34.7 Å². The highest BCUT2D eigenvalue weighted by Gasteiger charge is 2.10. The summed E-state index contributed by atoms with van der Waals surface area (Å²) in [5.74, 6) is 0.813. The van der Waals surface area contributed by atoms with Gasteiger partial charge in [-0.05, 0) is 25.1 Å². The van der Waals surface area contributed by atoms with Crippen LogP contribution < -0.4 is 11.1 Å². The van der Waals surface area contributed by atoms with Crippen molar-refractivity contribution in [2.24, 2.45) is 5.73 Å². The third kappa shape index (κ3) is 3.94. The molecule has 2 aromatic heterocycles. The highest BCUT2D eigenvalue weighted by Crippen LogP contribution is 2.12. The van der Waals surface area contributed by atoms with Crippen LogP contribution in [-0.4, -0.2) is 33.9 Å². The Bertz CT molecular complexity index is 761. The molecule has 120 valence electrons. The number of imidazole rings is 1. The molecule has 0 aliphatic heterocycles. The summed E-state index contributed by atoms with van der Waals surface area (Å²) in [5, 5.41) is 5.57. The van der Waals surface area contributed by atoms with Crippen LogP contribution in [0.15, 0.2) is 29.6 Å². The van der Waals surface area contributed by atoms with Crippen LogP contribution in [0, 0.1) is 0 Å². The van der Waals surface area contributed by atoms with Gasteiger partial charge in [0.1, 0.15) is 11.5 Å². The number of hydrogen-bond donors (Lipinski definition) is 3. The first-order valence-electron chi connectivity index (χ1n) is 7.62. The Hall–Kier alpha value is -2.25. The number of carbonyl (C=O) groups excluding carboxylic acids is 1. The molecule has 0 fully saturated rings. The monoisotopic (exact) mass is 329 g/mol. The smallest absolute Gasteiger partial charge is 0.270 e. The SMILES string of the molecule is NCCc1nc(C(=O)NCCCc2nc3ccccc3[nH]2)cs1. The first-order chi connectivity index (χ1) is 11.3. The lowest BCUT2D eigenvalue weighted by atomic mass is 10.3. The van der Waals surface area contributed by atoms with Crippen LogP contribution in [0.4, 0.5) is 0 Å². The average molecular weight is 329 g/mol. The van der Waals surface area contributed by atoms with E-state index in [1.165, 1.54) is 11.3 Å². The topological polar surface area (TPSA) is 96.7 Å². The van der Waals surface area contributed by atoms with Gasteiger partial charge in [0.15, 0.2) is 0 Å². The number of para-hydroxylation sites is 2. The summed E-state index contributed by atoms with van der Waals surface area (Å²) in [6.45, 7) is 1.14. The maximum absolute atomic E-state index is 12.0. The van der Waals surface area contributed by atoms with E-state index in [1.54, 1.807) is 5.38 Å². The molecule has 0 aliphatic carbocycles. The van der Waals surface area contributed by atoms with E-state index in [-0.39, 0.29) is 5.91 Å². The van der Waals surface area contributed by atoms with Gasteiger partial charge < -0.3 is 16.0 Å². The summed E-state index contributed by atoms with van der Waals surface area (Å²) in [7, 11) is 0. The van der Waals surface area contributed by atoms with Crippen LogP contribution in [0.25, 0.3) is 11.0 Å². The molecule has 1 aromatic carbocycles. The highest BCUT2D eigenvalue weighted by atomic mass is 32.1. The number of thiazole rings is 1. The molecule has 23 heavy (non-hydrogen) atoms. The Morgan fingerprint density at radius 3 is 2.96 bits per heavy atom. The number of fused-ring (bicyclic) bond motifs is 1. The summed E-state index contributed by atoms with van der Waals surface area (Å²) >= 11 is 1.47. The number of H-pyrrole nitrogens is 1. The van der Waals surface area contributed by atoms with Crippen molar-refractivity contribution in [3.8, 4) is 0 Å². The first kappa shape index (κ1) is 15.6. The number of aryl methyl sites for hydroxylation is 1. The summed E-state index contributed by atoms with van der Waals surface area (Å²) < 4.78 is 0. The molecule has 0 radical (unpaired) electrons. The summed E-state index contributed by atoms with van der Waals surface area (Å²) in [5.41, 5.74) is 7.98. The Morgan fingerprint density at radius 2 is 2.13 bits per heavy atom. The molecular weight excluding hydrogens is 310 g/mol. The van der Waals surface area contributed by atoms with Gasteiger partial charge in [0.05, 0.1) is 16.0 Å². The van der Waals surface area contributed by atoms with E-state index in [9.17, 15) is 4.79 Å². The zero-order valence-corrected chi connectivity index (χ0v) is 13.5. The number of hydrogen-bond acceptors (Lipinski definition) is 5. The molecule has 0 saturated carbocycles. The molecule has 3 aromatic rings. The second-order valence-corrected chi connectivity index (χ2v) is 6.17. The van der Waals surface area contributed by atoms with Gasteiger partial charge in [0.25, 0.3) is 5.91 Å². The quantitative estimate of drug-likeness (QED) is 0.577. The van der Waals surface area contributed by atoms with Crippen LogP contribution in [0.5, 0.6) is 0 Å². The first-order valence-corrected chi connectivity index (χ1v) is 8.50. The van der Waals surface area contributed by atoms with E-state index >= 15 is 0 Å². The van der Waals surface area contributed by atoms with Crippen molar-refractivity contribution in [2.45, 2.75) is 19.3 Å². The van der Waals surface area contributed by atoms with E-state index < -0.39 is 0 Å². The molecule has 0 spiro atoms. The molecule has 4 N–H and O–H groups in total. The maximum atomic E-state index is 12.0. The second kappa shape index (κ2) is 7.34. The minimum absolute atomic E-state index is 0.130. The third-order valence-corrected chi connectivity index (χ3v) is 4.37. The van der Waals surface area contributed by atoms with E-state index in [2.05, 4.69) is 20.3 Å². The lowest BCUT2D eigenvalue weighted by molar-refractivity contribution is 0.0948. The van der Waals surface area contributed by atoms with Crippen molar-refractivity contribution >= 4 is 28.3 Å². The van der Waals surface area contributed by atoms with Crippen LogP contribution in [0.1, 0.15) is 27.7 Å². The Labute approximate surface area is 138 Å². The van der Waals surface area contributed by atoms with Gasteiger partial charge in [0.2, 0.25) is 0 Å². The fourth-order valence-corrected chi connectivity index (χ4v) is 3.12. The van der Waals surface area contributed by atoms with Crippen molar-refractivity contribution in [3.63, 3.8) is 0 Å². The molecule has 7 heteroatoms. The molecule has 1 amide bonds. The molecule has 0 aliphatic rings. The van der Waals surface area contributed by atoms with Gasteiger partial charge in [-0.25, -0.2) is 9.97 Å². The van der Waals surface area contributed by atoms with Crippen LogP contribution in [0.3, 0.4) is 0 Å². The van der Waals surface area contributed by atoms with Gasteiger partial charge in [-0.2, -0.15) is 0 Å². The van der Waals surface area contributed by atoms with Gasteiger partial charge >= 0.3 is 0 Å². The minimum Gasteiger partial charge on any atom is -0.351 e. The van der Waals surface area contributed by atoms with E-state index in [1.807, 2.05) is 24.3 Å². The van der Waals surface area contributed by atoms with Crippen LogP contribution >= 0.6 is 11.3 Å². The fraction of sp³-hybridized carbons (Fsp3) is 0.312. The van der Waals surface area contributed by atoms with Crippen molar-refractivity contribution in [1.82, 2.24) is 20.3 Å². The third-order valence-electron chi connectivity index (χ3n) is 3.46. The summed E-state index contributed by atoms with van der Waals surface area (Å²) in [4.78, 5) is 24.1. The highest BCUT2D eigenvalue weighted by molar-refractivity contribution is 7.09. The molecule has 6 nitrogen and oxygen atoms in total. The lowest BCUT2D eigenvalue weighted by Gasteiger charge is -2.02. The van der Waals surface area contributed by atoms with Gasteiger partial charge in [-0.1, -0.05) is 12.1 Å². The predicted octanol–water partition coefficient (Wildman–Crippen LogP) is 1.88. The van der Waals surface area contributed by atoms with Gasteiger partial charge in [0, 0.05) is 24.8 Å². The Balaban J connectivity index is 1.46. The van der Waals surface area contributed by atoms with Crippen LogP contribution in [0.2, 0.25) is 0 Å². The molecule has 2 heterocycles.